The van der Waals surface area contributed by atoms with E-state index in [2.05, 4.69) is 59.9 Å². The van der Waals surface area contributed by atoms with Crippen molar-refractivity contribution < 1.29 is 29.0 Å². The fraction of sp³-hybridized carbons (Fsp3) is 0.822. The molecule has 0 aromatic rings. The van der Waals surface area contributed by atoms with Crippen molar-refractivity contribution in [3.05, 3.63) is 23.3 Å². The number of Topliss-reactive ketones (excluding diaryl/α,β-unsaturated/α-hetero) is 1. The number of hydrogen-bond donors (Lipinski definition) is 3. The van der Waals surface area contributed by atoms with E-state index in [9.17, 15) is 24.3 Å². The van der Waals surface area contributed by atoms with E-state index in [1.807, 2.05) is 0 Å². The van der Waals surface area contributed by atoms with Gasteiger partial charge in [-0.2, -0.15) is 0 Å². The van der Waals surface area contributed by atoms with E-state index >= 15 is 0 Å². The summed E-state index contributed by atoms with van der Waals surface area (Å²) in [5, 5.41) is 12.8. The number of nitrogens with one attached hydrogen (secondary N) is 1. The number of esters is 1. The molecule has 1 amide bonds. The highest BCUT2D eigenvalue weighted by atomic mass is 16.5. The molecule has 296 valence electrons. The van der Waals surface area contributed by atoms with Crippen LogP contribution in [0.3, 0.4) is 0 Å². The Morgan fingerprint density at radius 1 is 0.906 bits per heavy atom. The average molecular weight is 735 g/mol. The van der Waals surface area contributed by atoms with Crippen LogP contribution in [0, 0.1) is 56.2 Å². The van der Waals surface area contributed by atoms with Gasteiger partial charge in [0.05, 0.1) is 11.8 Å². The molecule has 8 atom stereocenters. The lowest BCUT2D eigenvalue weighted by Crippen LogP contribution is -2.77. The quantitative estimate of drug-likeness (QED) is 0.159. The number of aliphatic carboxylic acids is 1. The summed E-state index contributed by atoms with van der Waals surface area (Å²) in [6, 6.07) is 0. The number of amides is 1. The third-order valence-corrected chi connectivity index (χ3v) is 17.2. The van der Waals surface area contributed by atoms with Crippen molar-refractivity contribution in [2.45, 2.75) is 170 Å². The zero-order valence-corrected chi connectivity index (χ0v) is 34.4. The Hall–Kier alpha value is -2.48. The zero-order valence-electron chi connectivity index (χ0n) is 34.4. The number of nitrogens with two attached hydrogens (primary N) is 1. The Kier molecular flexibility index (Phi) is 10.3. The van der Waals surface area contributed by atoms with Crippen molar-refractivity contribution in [2.24, 2.45) is 61.9 Å². The highest BCUT2D eigenvalue weighted by molar-refractivity contribution is 6.01. The smallest absolute Gasteiger partial charge is 0.309 e. The highest BCUT2D eigenvalue weighted by Gasteiger charge is 2.73. The maximum Gasteiger partial charge on any atom is 0.309 e. The zero-order chi connectivity index (χ0) is 39.0. The van der Waals surface area contributed by atoms with Crippen molar-refractivity contribution in [3.8, 4) is 0 Å². The molecule has 0 aromatic heterocycles. The molecule has 0 radical (unpaired) electrons. The number of rotatable bonds is 9. The molecule has 0 aromatic carbocycles. The number of hydrogen-bond acceptors (Lipinski definition) is 6. The van der Waals surface area contributed by atoms with E-state index < -0.39 is 33.7 Å². The maximum atomic E-state index is 14.0. The lowest BCUT2D eigenvalue weighted by atomic mass is 9.31. The normalized spacial score (nSPS) is 40.0. The number of carbonyl (C=O) groups is 4. The van der Waals surface area contributed by atoms with Gasteiger partial charge in [0.1, 0.15) is 6.10 Å². The Labute approximate surface area is 319 Å². The molecule has 53 heavy (non-hydrogen) atoms. The van der Waals surface area contributed by atoms with Crippen molar-refractivity contribution in [3.63, 3.8) is 0 Å². The molecule has 5 fully saturated rings. The van der Waals surface area contributed by atoms with Crippen LogP contribution in [0.1, 0.15) is 159 Å². The van der Waals surface area contributed by atoms with E-state index in [0.717, 1.165) is 57.1 Å². The minimum Gasteiger partial charge on any atom is -0.481 e. The number of ether oxygens (including phenoxy) is 1. The summed E-state index contributed by atoms with van der Waals surface area (Å²) in [4.78, 5) is 52.2. The van der Waals surface area contributed by atoms with Gasteiger partial charge < -0.3 is 20.9 Å². The van der Waals surface area contributed by atoms with E-state index in [1.165, 1.54) is 37.7 Å². The van der Waals surface area contributed by atoms with Gasteiger partial charge in [-0.1, -0.05) is 73.8 Å². The molecule has 4 N–H and O–H groups in total. The van der Waals surface area contributed by atoms with Crippen LogP contribution in [0.15, 0.2) is 23.3 Å². The van der Waals surface area contributed by atoms with E-state index in [4.69, 9.17) is 10.5 Å². The van der Waals surface area contributed by atoms with Gasteiger partial charge in [-0.25, -0.2) is 0 Å². The number of allylic oxidation sites excluding steroid dienone is 3. The third kappa shape index (κ3) is 6.18. The van der Waals surface area contributed by atoms with Crippen molar-refractivity contribution in [1.82, 2.24) is 5.32 Å². The highest BCUT2D eigenvalue weighted by Crippen LogP contribution is 2.77. The van der Waals surface area contributed by atoms with Gasteiger partial charge in [-0.15, -0.1) is 0 Å². The van der Waals surface area contributed by atoms with Gasteiger partial charge in [-0.05, 0) is 135 Å². The second kappa shape index (κ2) is 13.6. The monoisotopic (exact) mass is 735 g/mol. The van der Waals surface area contributed by atoms with Gasteiger partial charge in [-0.3, -0.25) is 19.2 Å². The van der Waals surface area contributed by atoms with Gasteiger partial charge >= 0.3 is 11.9 Å². The third-order valence-electron chi connectivity index (χ3n) is 17.2. The van der Waals surface area contributed by atoms with Crippen molar-refractivity contribution >= 4 is 23.6 Å². The summed E-state index contributed by atoms with van der Waals surface area (Å²) in [5.41, 5.74) is 7.11. The number of carbonyl (C=O) groups excluding carboxylic acids is 3. The maximum absolute atomic E-state index is 14.0. The molecule has 8 heteroatoms. The Morgan fingerprint density at radius 3 is 2.21 bits per heavy atom. The molecular weight excluding hydrogens is 665 g/mol. The standard InChI is InChI=1S/C45H70N2O6/c1-28(2)36-31(48)25-44(20-18-34(49)47-27-29-13-11-10-12-14-29)23-21-41(7)30(37(36)44)15-16-32-42(41,8)22-24-45(46)40(5,6)33(17-19-43(32,45)9)53-35(50)26-39(3,4)38(51)52/h18,20,28-30,32-33H,10-17,19,21-27,46H2,1-9H3,(H,47,49)(H,51,52)/b20-18+/t30-,32?,33+,41-,42-,43-,44+,45-/m1/s1. The number of fused-ring (bicyclic) bond motifs is 7. The van der Waals surface area contributed by atoms with E-state index in [1.54, 1.807) is 19.9 Å². The molecule has 8 nitrogen and oxygen atoms in total. The van der Waals surface area contributed by atoms with E-state index in [-0.39, 0.29) is 52.3 Å². The number of carboxylic acids is 1. The predicted molar refractivity (Wildman–Crippen MR) is 207 cm³/mol. The first-order chi connectivity index (χ1) is 24.6. The molecule has 5 saturated carbocycles. The van der Waals surface area contributed by atoms with Crippen LogP contribution in [-0.2, 0) is 23.9 Å². The predicted octanol–water partition coefficient (Wildman–Crippen LogP) is 8.71. The van der Waals surface area contributed by atoms with Crippen LogP contribution in [-0.4, -0.2) is 46.9 Å². The SMILES string of the molecule is CC(C)C1=C2[C@H]3CCC4[C@@]5(C)CC[C@H](OC(=O)CC(C)(C)C(=O)O)C(C)(C)[C@]5(N)CC[C@@]4(C)[C@]3(C)CC[C@@]2(/C=C/C(=O)NCC2CCCCC2)CC1=O. The lowest BCUT2D eigenvalue weighted by Gasteiger charge is -2.75. The van der Waals surface area contributed by atoms with Gasteiger partial charge in [0.2, 0.25) is 5.91 Å². The summed E-state index contributed by atoms with van der Waals surface area (Å²) in [5.74, 6) is 0.0427. The molecular formula is C45H70N2O6. The fourth-order valence-corrected chi connectivity index (χ4v) is 13.5. The first kappa shape index (κ1) is 40.2. The van der Waals surface area contributed by atoms with Crippen LogP contribution in [0.2, 0.25) is 0 Å². The summed E-state index contributed by atoms with van der Waals surface area (Å²) in [6.07, 6.45) is 17.2. The Balaban J connectivity index is 1.27. The molecule has 0 bridgehead atoms. The number of ketones is 1. The molecule has 6 aliphatic rings. The van der Waals surface area contributed by atoms with Crippen molar-refractivity contribution in [1.29, 1.82) is 0 Å². The minimum absolute atomic E-state index is 0.0212. The van der Waals surface area contributed by atoms with Gasteiger partial charge in [0.15, 0.2) is 5.78 Å². The summed E-state index contributed by atoms with van der Waals surface area (Å²) in [6.45, 7) is 20.0. The molecule has 0 saturated heterocycles. The molecule has 0 aliphatic heterocycles. The van der Waals surface area contributed by atoms with Crippen LogP contribution in [0.4, 0.5) is 0 Å². The Morgan fingerprint density at radius 2 is 1.57 bits per heavy atom. The average Bonchev–Trinajstić information content (AvgIpc) is 3.39. The van der Waals surface area contributed by atoms with Gasteiger partial charge in [0, 0.05) is 29.3 Å². The van der Waals surface area contributed by atoms with Gasteiger partial charge in [0.25, 0.3) is 0 Å². The molecule has 1 unspecified atom stereocenters. The summed E-state index contributed by atoms with van der Waals surface area (Å²) in [7, 11) is 0. The first-order valence-corrected chi connectivity index (χ1v) is 21.1. The molecule has 0 spiro atoms. The second-order valence-electron chi connectivity index (χ2n) is 20.8. The summed E-state index contributed by atoms with van der Waals surface area (Å²) < 4.78 is 6.15. The van der Waals surface area contributed by atoms with Crippen LogP contribution >= 0.6 is 0 Å². The van der Waals surface area contributed by atoms with Crippen LogP contribution in [0.25, 0.3) is 0 Å². The molecule has 0 heterocycles. The van der Waals surface area contributed by atoms with Crippen LogP contribution < -0.4 is 11.1 Å². The Bertz CT molecular complexity index is 1570. The minimum atomic E-state index is -1.20. The lowest BCUT2D eigenvalue weighted by molar-refractivity contribution is -0.241. The topological polar surface area (TPSA) is 136 Å². The van der Waals surface area contributed by atoms with Crippen molar-refractivity contribution in [2.75, 3.05) is 6.54 Å². The van der Waals surface area contributed by atoms with Crippen LogP contribution in [0.5, 0.6) is 0 Å². The summed E-state index contributed by atoms with van der Waals surface area (Å²) >= 11 is 0. The number of carboxylic acid groups (broad SMARTS) is 1. The fourth-order valence-electron chi connectivity index (χ4n) is 13.5. The molecule has 6 aliphatic carbocycles. The molecule has 6 rings (SSSR count). The second-order valence-corrected chi connectivity index (χ2v) is 20.8. The first-order valence-electron chi connectivity index (χ1n) is 21.1. The largest absolute Gasteiger partial charge is 0.481 e. The van der Waals surface area contributed by atoms with E-state index in [0.29, 0.717) is 24.7 Å².